The van der Waals surface area contributed by atoms with Crippen LogP contribution in [0, 0.1) is 24.0 Å². The number of aromatic nitrogens is 1. The molecule has 1 fully saturated rings. The maximum atomic E-state index is 13.0. The summed E-state index contributed by atoms with van der Waals surface area (Å²) in [6.45, 7) is 4.02. The minimum absolute atomic E-state index is 0.106. The van der Waals surface area contributed by atoms with Crippen molar-refractivity contribution in [2.45, 2.75) is 13.8 Å². The van der Waals surface area contributed by atoms with Gasteiger partial charge in [0.25, 0.3) is 11.6 Å². The number of amides is 1. The maximum absolute atomic E-state index is 13.0. The predicted octanol–water partition coefficient (Wildman–Crippen LogP) is 5.80. The number of carbonyl (C=O) groups is 1. The Bertz CT molecular complexity index is 1260. The molecule has 2 aromatic carbocycles. The van der Waals surface area contributed by atoms with Crippen LogP contribution in [-0.2, 0) is 4.79 Å². The van der Waals surface area contributed by atoms with Crippen LogP contribution >= 0.6 is 24.0 Å². The van der Waals surface area contributed by atoms with E-state index in [-0.39, 0.29) is 17.5 Å². The van der Waals surface area contributed by atoms with Gasteiger partial charge < -0.3 is 4.74 Å². The summed E-state index contributed by atoms with van der Waals surface area (Å²) in [5.41, 5.74) is 3.72. The van der Waals surface area contributed by atoms with Crippen LogP contribution in [0.5, 0.6) is 11.6 Å². The highest BCUT2D eigenvalue weighted by atomic mass is 32.2. The van der Waals surface area contributed by atoms with Crippen molar-refractivity contribution in [2.24, 2.45) is 0 Å². The molecule has 1 amide bonds. The smallest absolute Gasteiger partial charge is 0.287 e. The number of nitro groups is 1. The number of benzene rings is 2. The van der Waals surface area contributed by atoms with Gasteiger partial charge in [-0.3, -0.25) is 19.8 Å². The van der Waals surface area contributed by atoms with E-state index in [0.29, 0.717) is 15.0 Å². The number of carbonyl (C=O) groups excluding carboxylic acids is 1. The number of rotatable bonds is 5. The second kappa shape index (κ2) is 8.89. The topological polar surface area (TPSA) is 85.6 Å². The molecule has 0 unspecified atom stereocenters. The Labute approximate surface area is 193 Å². The second-order valence-corrected chi connectivity index (χ2v) is 8.74. The van der Waals surface area contributed by atoms with Crippen molar-refractivity contribution in [3.63, 3.8) is 0 Å². The van der Waals surface area contributed by atoms with Gasteiger partial charge >= 0.3 is 0 Å². The average Bonchev–Trinajstić information content (AvgIpc) is 3.05. The van der Waals surface area contributed by atoms with Crippen LogP contribution in [0.15, 0.2) is 65.7 Å². The van der Waals surface area contributed by atoms with E-state index in [2.05, 4.69) is 4.98 Å². The highest BCUT2D eigenvalue weighted by Crippen LogP contribution is 2.36. The maximum Gasteiger partial charge on any atom is 0.287 e. The number of nitrogens with zero attached hydrogens (tertiary/aromatic N) is 3. The Morgan fingerprint density at radius 1 is 1.09 bits per heavy atom. The molecule has 2 heterocycles. The first-order chi connectivity index (χ1) is 15.3. The minimum atomic E-state index is -0.520. The van der Waals surface area contributed by atoms with E-state index >= 15 is 0 Å². The Kier molecular flexibility index (Phi) is 6.02. The first-order valence-corrected chi connectivity index (χ1v) is 10.8. The number of anilines is 1. The largest absolute Gasteiger partial charge is 0.439 e. The Morgan fingerprint density at radius 2 is 1.84 bits per heavy atom. The van der Waals surface area contributed by atoms with Crippen molar-refractivity contribution in [2.75, 3.05) is 4.90 Å². The highest BCUT2D eigenvalue weighted by molar-refractivity contribution is 8.27. The molecule has 0 spiro atoms. The van der Waals surface area contributed by atoms with E-state index < -0.39 is 4.92 Å². The third kappa shape index (κ3) is 4.53. The van der Waals surface area contributed by atoms with Crippen LogP contribution in [0.1, 0.15) is 16.7 Å². The van der Waals surface area contributed by atoms with Crippen LogP contribution in [-0.4, -0.2) is 20.1 Å². The summed E-state index contributed by atoms with van der Waals surface area (Å²) >= 11 is 6.71. The summed E-state index contributed by atoms with van der Waals surface area (Å²) in [4.78, 5) is 29.2. The standard InChI is InChI=1S/C23H17N3O4S2/c1-14-3-6-17(11-15(14)2)25-22(27)20(32-23(25)31)12-16-4-8-19(9-5-16)30-21-10-7-18(13-24-21)26(28)29/h3-13H,1-2H3/b20-12-. The minimum Gasteiger partial charge on any atom is -0.439 e. The first kappa shape index (κ1) is 21.7. The van der Waals surface area contributed by atoms with Crippen LogP contribution < -0.4 is 9.64 Å². The molecule has 1 aromatic heterocycles. The number of hydrogen-bond donors (Lipinski definition) is 0. The van der Waals surface area contributed by atoms with Crippen molar-refractivity contribution in [1.29, 1.82) is 0 Å². The number of ether oxygens (including phenoxy) is 1. The van der Waals surface area contributed by atoms with Crippen molar-refractivity contribution in [3.05, 3.63) is 92.5 Å². The molecule has 32 heavy (non-hydrogen) atoms. The molecule has 3 aromatic rings. The molecule has 1 saturated heterocycles. The van der Waals surface area contributed by atoms with Gasteiger partial charge in [-0.25, -0.2) is 4.98 Å². The van der Waals surface area contributed by atoms with Gasteiger partial charge in [-0.15, -0.1) is 0 Å². The van der Waals surface area contributed by atoms with E-state index in [1.807, 2.05) is 44.2 Å². The molecule has 0 bridgehead atoms. The molecular formula is C23H17N3O4S2. The Balaban J connectivity index is 1.49. The molecule has 1 aliphatic heterocycles. The average molecular weight is 464 g/mol. The normalized spacial score (nSPS) is 14.8. The fourth-order valence-electron chi connectivity index (χ4n) is 3.00. The fourth-order valence-corrected chi connectivity index (χ4v) is 4.30. The lowest BCUT2D eigenvalue weighted by atomic mass is 10.1. The fraction of sp³-hybridized carbons (Fsp3) is 0.0870. The van der Waals surface area contributed by atoms with Gasteiger partial charge in [-0.2, -0.15) is 0 Å². The van der Waals surface area contributed by atoms with Crippen molar-refractivity contribution >= 4 is 51.7 Å². The summed E-state index contributed by atoms with van der Waals surface area (Å²) in [6.07, 6.45) is 2.93. The zero-order valence-electron chi connectivity index (χ0n) is 17.1. The van der Waals surface area contributed by atoms with Gasteiger partial charge in [0.15, 0.2) is 4.32 Å². The van der Waals surface area contributed by atoms with Crippen molar-refractivity contribution in [3.8, 4) is 11.6 Å². The SMILES string of the molecule is Cc1ccc(N2C(=O)/C(=C/c3ccc(Oc4ccc([N+](=O)[O-])cn4)cc3)SC2=S)cc1C. The quantitative estimate of drug-likeness (QED) is 0.204. The van der Waals surface area contributed by atoms with Crippen LogP contribution in [0.4, 0.5) is 11.4 Å². The third-order valence-corrected chi connectivity index (χ3v) is 6.18. The lowest BCUT2D eigenvalue weighted by molar-refractivity contribution is -0.385. The summed E-state index contributed by atoms with van der Waals surface area (Å²) in [5, 5.41) is 10.7. The molecule has 0 radical (unpaired) electrons. The zero-order chi connectivity index (χ0) is 22.8. The molecular weight excluding hydrogens is 446 g/mol. The lowest BCUT2D eigenvalue weighted by Gasteiger charge is -2.15. The Hall–Kier alpha value is -3.56. The summed E-state index contributed by atoms with van der Waals surface area (Å²) in [6, 6.07) is 15.7. The van der Waals surface area contributed by atoms with E-state index in [1.165, 1.54) is 23.9 Å². The van der Waals surface area contributed by atoms with Gasteiger partial charge in [0.05, 0.1) is 15.5 Å². The molecule has 160 valence electrons. The monoisotopic (exact) mass is 463 g/mol. The first-order valence-electron chi connectivity index (χ1n) is 9.55. The van der Waals surface area contributed by atoms with Gasteiger partial charge in [0, 0.05) is 12.1 Å². The van der Waals surface area contributed by atoms with E-state index in [1.54, 1.807) is 23.1 Å². The van der Waals surface area contributed by atoms with Gasteiger partial charge in [-0.05, 0) is 60.9 Å². The molecule has 0 atom stereocenters. The number of aryl methyl sites for hydroxylation is 2. The van der Waals surface area contributed by atoms with E-state index in [4.69, 9.17) is 17.0 Å². The summed E-state index contributed by atoms with van der Waals surface area (Å²) in [5.74, 6) is 0.613. The zero-order valence-corrected chi connectivity index (χ0v) is 18.8. The van der Waals surface area contributed by atoms with Crippen molar-refractivity contribution < 1.29 is 14.5 Å². The number of pyridine rings is 1. The number of hydrogen-bond acceptors (Lipinski definition) is 7. The molecule has 4 rings (SSSR count). The molecule has 7 nitrogen and oxygen atoms in total. The van der Waals surface area contributed by atoms with Crippen LogP contribution in [0.3, 0.4) is 0 Å². The molecule has 0 aliphatic carbocycles. The number of thioether (sulfide) groups is 1. The predicted molar refractivity (Wildman–Crippen MR) is 129 cm³/mol. The lowest BCUT2D eigenvalue weighted by Crippen LogP contribution is -2.27. The van der Waals surface area contributed by atoms with Crippen LogP contribution in [0.2, 0.25) is 0 Å². The highest BCUT2D eigenvalue weighted by Gasteiger charge is 2.33. The summed E-state index contributed by atoms with van der Waals surface area (Å²) in [7, 11) is 0. The Morgan fingerprint density at radius 3 is 2.47 bits per heavy atom. The van der Waals surface area contributed by atoms with E-state index in [0.717, 1.165) is 28.6 Å². The van der Waals surface area contributed by atoms with Gasteiger partial charge in [-0.1, -0.05) is 42.2 Å². The van der Waals surface area contributed by atoms with Crippen LogP contribution in [0.25, 0.3) is 6.08 Å². The molecule has 1 aliphatic rings. The number of thiocarbonyl (C=S) groups is 1. The molecule has 0 N–H and O–H groups in total. The summed E-state index contributed by atoms with van der Waals surface area (Å²) < 4.78 is 6.11. The second-order valence-electron chi connectivity index (χ2n) is 7.07. The van der Waals surface area contributed by atoms with Crippen molar-refractivity contribution in [1.82, 2.24) is 4.98 Å². The van der Waals surface area contributed by atoms with E-state index in [9.17, 15) is 14.9 Å². The molecule has 9 heteroatoms. The third-order valence-electron chi connectivity index (χ3n) is 4.87. The molecule has 0 saturated carbocycles. The van der Waals surface area contributed by atoms with Gasteiger partial charge in [0.1, 0.15) is 11.9 Å². The van der Waals surface area contributed by atoms with Gasteiger partial charge in [0.2, 0.25) is 5.88 Å².